The van der Waals surface area contributed by atoms with Crippen LogP contribution < -0.4 is 18.9 Å². The van der Waals surface area contributed by atoms with Crippen LogP contribution in [0.1, 0.15) is 21.6 Å². The predicted octanol–water partition coefficient (Wildman–Crippen LogP) is 3.96. The number of aromatic nitrogens is 1. The highest BCUT2D eigenvalue weighted by atomic mass is 16.5. The average molecular weight is 412 g/mol. The van der Waals surface area contributed by atoms with Gasteiger partial charge in [-0.15, -0.1) is 0 Å². The second kappa shape index (κ2) is 8.98. The summed E-state index contributed by atoms with van der Waals surface area (Å²) in [5.74, 6) is 2.30. The van der Waals surface area contributed by atoms with Crippen molar-refractivity contribution in [1.29, 1.82) is 0 Å². The molecule has 0 aliphatic heterocycles. The molecule has 2 aromatic carbocycles. The van der Waals surface area contributed by atoms with Crippen LogP contribution in [0.5, 0.6) is 23.0 Å². The van der Waals surface area contributed by atoms with Gasteiger partial charge in [-0.2, -0.15) is 0 Å². The summed E-state index contributed by atoms with van der Waals surface area (Å²) in [4.78, 5) is 17.7. The Morgan fingerprint density at radius 2 is 1.60 bits per heavy atom. The van der Waals surface area contributed by atoms with Gasteiger partial charge in [0.15, 0.2) is 11.5 Å². The summed E-state index contributed by atoms with van der Waals surface area (Å²) in [6, 6.07) is 9.57. The molecule has 1 amide bonds. The highest BCUT2D eigenvalue weighted by Gasteiger charge is 2.21. The van der Waals surface area contributed by atoms with Crippen molar-refractivity contribution in [2.75, 3.05) is 41.5 Å². The Labute approximate surface area is 176 Å². The molecule has 0 aliphatic rings. The Morgan fingerprint density at radius 3 is 2.20 bits per heavy atom. The maximum absolute atomic E-state index is 12.9. The summed E-state index contributed by atoms with van der Waals surface area (Å²) >= 11 is 0. The first kappa shape index (κ1) is 21.4. The Bertz CT molecular complexity index is 1040. The highest BCUT2D eigenvalue weighted by molar-refractivity contribution is 6.02. The van der Waals surface area contributed by atoms with Gasteiger partial charge in [-0.1, -0.05) is 6.07 Å². The molecule has 0 bridgehead atoms. The molecule has 0 aliphatic carbocycles. The fourth-order valence-electron chi connectivity index (χ4n) is 3.48. The molecule has 3 aromatic rings. The van der Waals surface area contributed by atoms with Gasteiger partial charge < -0.3 is 28.8 Å². The van der Waals surface area contributed by atoms with E-state index in [1.54, 1.807) is 45.4 Å². The maximum atomic E-state index is 12.9. The van der Waals surface area contributed by atoms with E-state index in [-0.39, 0.29) is 5.91 Å². The fraction of sp³-hybridized carbons (Fsp3) is 0.348. The van der Waals surface area contributed by atoms with Gasteiger partial charge in [-0.05, 0) is 43.2 Å². The van der Waals surface area contributed by atoms with E-state index in [4.69, 9.17) is 18.9 Å². The van der Waals surface area contributed by atoms with E-state index in [0.29, 0.717) is 41.6 Å². The van der Waals surface area contributed by atoms with Gasteiger partial charge in [-0.3, -0.25) is 4.79 Å². The second-order valence-corrected chi connectivity index (χ2v) is 7.18. The molecule has 1 heterocycles. The van der Waals surface area contributed by atoms with Crippen LogP contribution in [0.2, 0.25) is 0 Å². The summed E-state index contributed by atoms with van der Waals surface area (Å²) in [7, 11) is 6.43. The zero-order chi connectivity index (χ0) is 21.8. The van der Waals surface area contributed by atoms with Gasteiger partial charge in [0.2, 0.25) is 0 Å². The number of hydrogen-bond acceptors (Lipinski definition) is 5. The van der Waals surface area contributed by atoms with Crippen molar-refractivity contribution in [2.45, 2.75) is 13.8 Å². The number of nitrogens with one attached hydrogen (secondary N) is 1. The topological polar surface area (TPSA) is 73.0 Å². The van der Waals surface area contributed by atoms with E-state index in [1.165, 1.54) is 0 Å². The fourth-order valence-corrected chi connectivity index (χ4v) is 3.48. The van der Waals surface area contributed by atoms with Crippen LogP contribution >= 0.6 is 0 Å². The van der Waals surface area contributed by atoms with E-state index >= 15 is 0 Å². The first-order chi connectivity index (χ1) is 14.4. The van der Waals surface area contributed by atoms with Crippen LogP contribution in [0.25, 0.3) is 10.9 Å². The lowest BCUT2D eigenvalue weighted by molar-refractivity contribution is 0.0769. The van der Waals surface area contributed by atoms with Crippen molar-refractivity contribution >= 4 is 16.8 Å². The third kappa shape index (κ3) is 4.30. The maximum Gasteiger partial charge on any atom is 0.270 e. The molecule has 160 valence electrons. The summed E-state index contributed by atoms with van der Waals surface area (Å²) in [6.07, 6.45) is 0. The van der Waals surface area contributed by atoms with E-state index in [0.717, 1.165) is 22.3 Å². The molecular formula is C23H28N2O5. The van der Waals surface area contributed by atoms with E-state index in [9.17, 15) is 4.79 Å². The zero-order valence-electron chi connectivity index (χ0n) is 18.3. The van der Waals surface area contributed by atoms with E-state index < -0.39 is 0 Å². The lowest BCUT2D eigenvalue weighted by atomic mass is 10.1. The van der Waals surface area contributed by atoms with Crippen LogP contribution in [0, 0.1) is 13.8 Å². The van der Waals surface area contributed by atoms with Gasteiger partial charge in [0.25, 0.3) is 5.91 Å². The average Bonchev–Trinajstić information content (AvgIpc) is 3.16. The van der Waals surface area contributed by atoms with Crippen molar-refractivity contribution in [3.05, 3.63) is 47.2 Å². The molecule has 3 rings (SSSR count). The van der Waals surface area contributed by atoms with E-state index in [2.05, 4.69) is 11.1 Å². The number of fused-ring (bicyclic) bond motifs is 1. The Balaban J connectivity index is 1.76. The smallest absolute Gasteiger partial charge is 0.270 e. The number of nitrogens with zero attached hydrogens (tertiary/aromatic N) is 1. The molecule has 0 fully saturated rings. The standard InChI is InChI=1S/C23H28N2O5/c1-14-9-15(2)11-16(10-14)30-8-7-25(3)23(26)18-12-17-19(27-4)13-20(28-5)22(29-6)21(17)24-18/h9-13,24H,7-8H2,1-6H3. The highest BCUT2D eigenvalue weighted by Crippen LogP contribution is 2.41. The number of carbonyl (C=O) groups is 1. The summed E-state index contributed by atoms with van der Waals surface area (Å²) in [5.41, 5.74) is 3.37. The molecule has 1 aromatic heterocycles. The van der Waals surface area contributed by atoms with Gasteiger partial charge in [0.1, 0.15) is 23.8 Å². The van der Waals surface area contributed by atoms with Crippen molar-refractivity contribution in [3.8, 4) is 23.0 Å². The Morgan fingerprint density at radius 1 is 0.933 bits per heavy atom. The minimum absolute atomic E-state index is 0.154. The van der Waals surface area contributed by atoms with Crippen LogP contribution in [0.15, 0.2) is 30.3 Å². The monoisotopic (exact) mass is 412 g/mol. The molecule has 0 spiro atoms. The molecule has 0 atom stereocenters. The van der Waals surface area contributed by atoms with Gasteiger partial charge in [0, 0.05) is 18.5 Å². The van der Waals surface area contributed by atoms with Crippen molar-refractivity contribution in [3.63, 3.8) is 0 Å². The van der Waals surface area contributed by atoms with Crippen molar-refractivity contribution < 1.29 is 23.7 Å². The van der Waals surface area contributed by atoms with Crippen molar-refractivity contribution in [2.24, 2.45) is 0 Å². The minimum Gasteiger partial charge on any atom is -0.496 e. The summed E-state index contributed by atoms with van der Waals surface area (Å²) in [5, 5.41) is 0.749. The normalized spacial score (nSPS) is 10.7. The summed E-state index contributed by atoms with van der Waals surface area (Å²) < 4.78 is 22.1. The number of methoxy groups -OCH3 is 3. The number of ether oxygens (including phenoxy) is 4. The van der Waals surface area contributed by atoms with Crippen LogP contribution in [-0.2, 0) is 0 Å². The minimum atomic E-state index is -0.154. The lowest BCUT2D eigenvalue weighted by Crippen LogP contribution is -2.31. The van der Waals surface area contributed by atoms with Crippen LogP contribution in [-0.4, -0.2) is 57.3 Å². The number of H-pyrrole nitrogens is 1. The molecule has 0 saturated carbocycles. The number of amides is 1. The lowest BCUT2D eigenvalue weighted by Gasteiger charge is -2.17. The Hall–Kier alpha value is -3.35. The van der Waals surface area contributed by atoms with Gasteiger partial charge in [0.05, 0.1) is 33.4 Å². The molecule has 7 nitrogen and oxygen atoms in total. The number of aryl methyl sites for hydroxylation is 2. The zero-order valence-corrected chi connectivity index (χ0v) is 18.3. The number of rotatable bonds is 8. The number of carbonyl (C=O) groups excluding carboxylic acids is 1. The van der Waals surface area contributed by atoms with Crippen molar-refractivity contribution in [1.82, 2.24) is 9.88 Å². The second-order valence-electron chi connectivity index (χ2n) is 7.18. The van der Waals surface area contributed by atoms with Crippen LogP contribution in [0.4, 0.5) is 0 Å². The third-order valence-corrected chi connectivity index (χ3v) is 4.91. The van der Waals surface area contributed by atoms with Gasteiger partial charge >= 0.3 is 0 Å². The first-order valence-electron chi connectivity index (χ1n) is 9.66. The number of hydrogen-bond donors (Lipinski definition) is 1. The first-order valence-corrected chi connectivity index (χ1v) is 9.66. The molecule has 0 radical (unpaired) electrons. The number of likely N-dealkylation sites (N-methyl/N-ethyl adjacent to an activating group) is 1. The quantitative estimate of drug-likeness (QED) is 0.606. The van der Waals surface area contributed by atoms with Gasteiger partial charge in [-0.25, -0.2) is 0 Å². The SMILES string of the molecule is COc1cc(OC)c2cc(C(=O)N(C)CCOc3cc(C)cc(C)c3)[nH]c2c1OC. The van der Waals surface area contributed by atoms with E-state index in [1.807, 2.05) is 26.0 Å². The third-order valence-electron chi connectivity index (χ3n) is 4.91. The molecule has 0 saturated heterocycles. The molecule has 7 heteroatoms. The molecular weight excluding hydrogens is 384 g/mol. The summed E-state index contributed by atoms with van der Waals surface area (Å²) in [6.45, 7) is 4.90. The largest absolute Gasteiger partial charge is 0.496 e. The molecule has 1 N–H and O–H groups in total. The number of aromatic amines is 1. The number of benzene rings is 2. The van der Waals surface area contributed by atoms with Crippen LogP contribution in [0.3, 0.4) is 0 Å². The molecule has 30 heavy (non-hydrogen) atoms. The molecule has 0 unspecified atom stereocenters. The predicted molar refractivity (Wildman–Crippen MR) is 116 cm³/mol. The Kier molecular flexibility index (Phi) is 6.40.